The second-order valence-corrected chi connectivity index (χ2v) is 3.17. The van der Waals surface area contributed by atoms with E-state index in [1.54, 1.807) is 0 Å². The number of alkyl halides is 2. The normalized spacial score (nSPS) is 25.8. The lowest BCUT2D eigenvalue weighted by molar-refractivity contribution is 0.0984. The van der Waals surface area contributed by atoms with E-state index >= 15 is 0 Å². The van der Waals surface area contributed by atoms with Crippen LogP contribution in [-0.2, 0) is 0 Å². The van der Waals surface area contributed by atoms with Gasteiger partial charge in [0.05, 0.1) is 11.9 Å². The maximum Gasteiger partial charge on any atom is 0.272 e. The Labute approximate surface area is 72.1 Å². The molecule has 6 heteroatoms. The van der Waals surface area contributed by atoms with E-state index < -0.39 is 12.0 Å². The standard InChI is InChI=1S/C6H6ClF2N3/c7-5-3(10)2-11-12(5)4-1-6(4,8)9/h2,4H,1,10H2. The molecular formula is C6H6ClF2N3. The maximum atomic E-state index is 12.5. The van der Waals surface area contributed by atoms with Crippen LogP contribution >= 0.6 is 11.6 Å². The molecule has 12 heavy (non-hydrogen) atoms. The molecule has 1 heterocycles. The summed E-state index contributed by atoms with van der Waals surface area (Å²) in [6, 6.07) is -0.901. The fourth-order valence-electron chi connectivity index (χ4n) is 1.04. The van der Waals surface area contributed by atoms with Crippen LogP contribution in [0.15, 0.2) is 6.20 Å². The molecule has 1 aliphatic rings. The van der Waals surface area contributed by atoms with Gasteiger partial charge in [0.15, 0.2) is 5.15 Å². The van der Waals surface area contributed by atoms with E-state index in [2.05, 4.69) is 5.10 Å². The van der Waals surface area contributed by atoms with Crippen molar-refractivity contribution in [2.45, 2.75) is 18.4 Å². The zero-order valence-corrected chi connectivity index (χ0v) is 6.72. The molecule has 2 N–H and O–H groups in total. The van der Waals surface area contributed by atoms with Gasteiger partial charge in [0, 0.05) is 6.42 Å². The molecule has 1 fully saturated rings. The van der Waals surface area contributed by atoms with Crippen LogP contribution in [0.2, 0.25) is 5.15 Å². The molecule has 1 unspecified atom stereocenters. The second-order valence-electron chi connectivity index (χ2n) is 2.82. The van der Waals surface area contributed by atoms with E-state index in [0.29, 0.717) is 0 Å². The summed E-state index contributed by atoms with van der Waals surface area (Å²) in [6.07, 6.45) is 1.07. The molecular weight excluding hydrogens is 188 g/mol. The minimum absolute atomic E-state index is 0.0946. The summed E-state index contributed by atoms with van der Waals surface area (Å²) in [6.45, 7) is 0. The molecule has 0 radical (unpaired) electrons. The topological polar surface area (TPSA) is 43.8 Å². The van der Waals surface area contributed by atoms with Gasteiger partial charge in [-0.3, -0.25) is 0 Å². The highest BCUT2D eigenvalue weighted by Crippen LogP contribution is 2.53. The van der Waals surface area contributed by atoms with Gasteiger partial charge in [-0.15, -0.1) is 0 Å². The van der Waals surface area contributed by atoms with E-state index in [-0.39, 0.29) is 17.3 Å². The highest BCUT2D eigenvalue weighted by atomic mass is 35.5. The summed E-state index contributed by atoms with van der Waals surface area (Å²) < 4.78 is 26.1. The predicted octanol–water partition coefficient (Wildman–Crippen LogP) is 1.70. The molecule has 0 spiro atoms. The van der Waals surface area contributed by atoms with E-state index in [0.717, 1.165) is 4.68 Å². The van der Waals surface area contributed by atoms with Gasteiger partial charge in [0.2, 0.25) is 0 Å². The Morgan fingerprint density at radius 2 is 2.33 bits per heavy atom. The van der Waals surface area contributed by atoms with Crippen molar-refractivity contribution in [3.8, 4) is 0 Å². The van der Waals surface area contributed by atoms with Gasteiger partial charge < -0.3 is 5.73 Å². The van der Waals surface area contributed by atoms with Crippen LogP contribution in [-0.4, -0.2) is 15.7 Å². The van der Waals surface area contributed by atoms with Gasteiger partial charge in [-0.25, -0.2) is 13.5 Å². The van der Waals surface area contributed by atoms with Crippen molar-refractivity contribution in [2.24, 2.45) is 0 Å². The molecule has 0 amide bonds. The minimum atomic E-state index is -2.66. The molecule has 0 bridgehead atoms. The van der Waals surface area contributed by atoms with Crippen molar-refractivity contribution in [1.82, 2.24) is 9.78 Å². The molecule has 1 atom stereocenters. The first-order valence-corrected chi connectivity index (χ1v) is 3.76. The van der Waals surface area contributed by atoms with Crippen LogP contribution in [0.4, 0.5) is 14.5 Å². The quantitative estimate of drug-likeness (QED) is 0.738. The van der Waals surface area contributed by atoms with Crippen LogP contribution in [0.5, 0.6) is 0 Å². The third-order valence-electron chi connectivity index (χ3n) is 1.85. The van der Waals surface area contributed by atoms with Crippen LogP contribution in [0, 0.1) is 0 Å². The molecule has 1 aromatic heterocycles. The van der Waals surface area contributed by atoms with Gasteiger partial charge in [-0.05, 0) is 0 Å². The summed E-state index contributed by atoms with van der Waals surface area (Å²) in [5.41, 5.74) is 5.57. The summed E-state index contributed by atoms with van der Waals surface area (Å²) >= 11 is 5.61. The Balaban J connectivity index is 2.31. The lowest BCUT2D eigenvalue weighted by Gasteiger charge is -1.99. The van der Waals surface area contributed by atoms with E-state index in [1.807, 2.05) is 0 Å². The number of hydrogen-bond donors (Lipinski definition) is 1. The maximum absolute atomic E-state index is 12.5. The molecule has 66 valence electrons. The van der Waals surface area contributed by atoms with Gasteiger partial charge in [0.1, 0.15) is 6.04 Å². The zero-order valence-electron chi connectivity index (χ0n) is 5.97. The minimum Gasteiger partial charge on any atom is -0.395 e. The third kappa shape index (κ3) is 0.964. The highest BCUT2D eigenvalue weighted by Gasteiger charge is 2.59. The van der Waals surface area contributed by atoms with Crippen molar-refractivity contribution < 1.29 is 8.78 Å². The van der Waals surface area contributed by atoms with E-state index in [9.17, 15) is 8.78 Å². The first kappa shape index (κ1) is 7.79. The summed E-state index contributed by atoms with van der Waals surface area (Å²) in [5.74, 6) is -2.66. The Hall–Kier alpha value is -0.840. The van der Waals surface area contributed by atoms with Crippen LogP contribution in [0.3, 0.4) is 0 Å². The molecule has 1 aromatic rings. The first-order chi connectivity index (χ1) is 5.52. The molecule has 3 nitrogen and oxygen atoms in total. The number of nitrogens with zero attached hydrogens (tertiary/aromatic N) is 2. The first-order valence-electron chi connectivity index (χ1n) is 3.38. The van der Waals surface area contributed by atoms with Crippen molar-refractivity contribution in [3.63, 3.8) is 0 Å². The lowest BCUT2D eigenvalue weighted by Crippen LogP contribution is -2.04. The monoisotopic (exact) mass is 193 g/mol. The average molecular weight is 194 g/mol. The van der Waals surface area contributed by atoms with Crippen molar-refractivity contribution >= 4 is 17.3 Å². The predicted molar refractivity (Wildman–Crippen MR) is 40.3 cm³/mol. The summed E-state index contributed by atoms with van der Waals surface area (Å²) in [4.78, 5) is 0. The van der Waals surface area contributed by atoms with Crippen molar-refractivity contribution in [2.75, 3.05) is 5.73 Å². The molecule has 2 rings (SSSR count). The zero-order chi connectivity index (χ0) is 8.93. The second kappa shape index (κ2) is 2.10. The van der Waals surface area contributed by atoms with Crippen LogP contribution < -0.4 is 5.73 Å². The fraction of sp³-hybridized carbons (Fsp3) is 0.500. The smallest absolute Gasteiger partial charge is 0.272 e. The Kier molecular flexibility index (Phi) is 1.36. The van der Waals surface area contributed by atoms with Gasteiger partial charge in [-0.2, -0.15) is 5.10 Å². The number of rotatable bonds is 1. The fourth-order valence-corrected chi connectivity index (χ4v) is 1.25. The third-order valence-corrected chi connectivity index (χ3v) is 2.24. The number of nitrogens with two attached hydrogens (primary N) is 1. The summed E-state index contributed by atoms with van der Waals surface area (Å²) in [7, 11) is 0. The van der Waals surface area contributed by atoms with Gasteiger partial charge in [-0.1, -0.05) is 11.6 Å². The van der Waals surface area contributed by atoms with Crippen LogP contribution in [0.25, 0.3) is 0 Å². The number of anilines is 1. The van der Waals surface area contributed by atoms with Crippen LogP contribution in [0.1, 0.15) is 12.5 Å². The highest BCUT2D eigenvalue weighted by molar-refractivity contribution is 6.32. The average Bonchev–Trinajstić information content (AvgIpc) is 2.47. The largest absolute Gasteiger partial charge is 0.395 e. The molecule has 1 aliphatic carbocycles. The van der Waals surface area contributed by atoms with Gasteiger partial charge in [0.25, 0.3) is 5.92 Å². The number of halogens is 3. The number of hydrogen-bond acceptors (Lipinski definition) is 2. The molecule has 0 aliphatic heterocycles. The Morgan fingerprint density at radius 1 is 1.75 bits per heavy atom. The number of aromatic nitrogens is 2. The SMILES string of the molecule is Nc1cnn(C2CC2(F)F)c1Cl. The van der Waals surface area contributed by atoms with Gasteiger partial charge >= 0.3 is 0 Å². The molecule has 1 saturated carbocycles. The summed E-state index contributed by atoms with van der Waals surface area (Å²) in [5, 5.41) is 3.75. The van der Waals surface area contributed by atoms with Crippen molar-refractivity contribution in [1.29, 1.82) is 0 Å². The van der Waals surface area contributed by atoms with E-state index in [4.69, 9.17) is 17.3 Å². The Morgan fingerprint density at radius 3 is 2.67 bits per heavy atom. The molecule has 0 saturated heterocycles. The van der Waals surface area contributed by atoms with E-state index in [1.165, 1.54) is 6.20 Å². The van der Waals surface area contributed by atoms with Crippen molar-refractivity contribution in [3.05, 3.63) is 11.3 Å². The lowest BCUT2D eigenvalue weighted by atomic mass is 10.6. The number of nitrogen functional groups attached to an aromatic ring is 1. The molecule has 0 aromatic carbocycles. The Bertz CT molecular complexity index is 323.